The van der Waals surface area contributed by atoms with Crippen LogP contribution in [0.15, 0.2) is 53.1 Å². The van der Waals surface area contributed by atoms with Gasteiger partial charge in [0.25, 0.3) is 0 Å². The zero-order chi connectivity index (χ0) is 22.5. The number of benzene rings is 2. The van der Waals surface area contributed by atoms with Gasteiger partial charge in [0.15, 0.2) is 0 Å². The first kappa shape index (κ1) is 22.0. The molecule has 1 aliphatic heterocycles. The van der Waals surface area contributed by atoms with Gasteiger partial charge in [0.05, 0.1) is 17.5 Å². The molecule has 4 rings (SSSR count). The fraction of sp³-hybridized carbons (Fsp3) is 0.304. The van der Waals surface area contributed by atoms with Crippen molar-refractivity contribution in [2.45, 2.75) is 26.3 Å². The molecule has 0 bridgehead atoms. The minimum absolute atomic E-state index is 0.0238. The van der Waals surface area contributed by atoms with Gasteiger partial charge < -0.3 is 15.2 Å². The van der Waals surface area contributed by atoms with Gasteiger partial charge in [0.2, 0.25) is 23.5 Å². The molecule has 166 valence electrons. The van der Waals surface area contributed by atoms with E-state index in [9.17, 15) is 9.59 Å². The topological polar surface area (TPSA) is 100 Å². The summed E-state index contributed by atoms with van der Waals surface area (Å²) in [6.45, 7) is 3.40. The second kappa shape index (κ2) is 9.93. The number of piperidine rings is 1. The van der Waals surface area contributed by atoms with Crippen molar-refractivity contribution in [3.8, 4) is 11.4 Å². The Bertz CT molecular complexity index is 1100. The number of amides is 2. The summed E-state index contributed by atoms with van der Waals surface area (Å²) in [4.78, 5) is 30.5. The Kier molecular flexibility index (Phi) is 6.82. The number of rotatable bonds is 6. The van der Waals surface area contributed by atoms with Crippen molar-refractivity contribution < 1.29 is 14.1 Å². The minimum Gasteiger partial charge on any atom is -0.338 e. The number of likely N-dealkylation sites (tertiary alicyclic amines) is 1. The Balaban J connectivity index is 1.34. The summed E-state index contributed by atoms with van der Waals surface area (Å²) < 4.78 is 5.41. The first-order chi connectivity index (χ1) is 15.5. The first-order valence-electron chi connectivity index (χ1n) is 10.5. The van der Waals surface area contributed by atoms with Gasteiger partial charge in [0, 0.05) is 30.4 Å². The van der Waals surface area contributed by atoms with E-state index in [1.165, 1.54) is 6.92 Å². The van der Waals surface area contributed by atoms with Crippen LogP contribution in [0.5, 0.6) is 0 Å². The molecule has 8 nitrogen and oxygen atoms in total. The molecule has 32 heavy (non-hydrogen) atoms. The molecule has 1 aliphatic rings. The van der Waals surface area contributed by atoms with Crippen LogP contribution in [-0.4, -0.2) is 39.9 Å². The Morgan fingerprint density at radius 1 is 1.12 bits per heavy atom. The molecule has 2 aromatic carbocycles. The number of aromatic nitrogens is 2. The molecule has 1 fully saturated rings. The maximum absolute atomic E-state index is 12.8. The highest BCUT2D eigenvalue weighted by molar-refractivity contribution is 6.33. The lowest BCUT2D eigenvalue weighted by Gasteiger charge is -2.30. The quantitative estimate of drug-likeness (QED) is 0.580. The Morgan fingerprint density at radius 3 is 2.56 bits per heavy atom. The molecule has 9 heteroatoms. The third-order valence-corrected chi connectivity index (χ3v) is 5.62. The Morgan fingerprint density at radius 2 is 1.84 bits per heavy atom. The predicted octanol–water partition coefficient (Wildman–Crippen LogP) is 4.20. The molecule has 0 spiro atoms. The van der Waals surface area contributed by atoms with Crippen molar-refractivity contribution in [1.82, 2.24) is 15.0 Å². The van der Waals surface area contributed by atoms with Crippen molar-refractivity contribution >= 4 is 34.8 Å². The highest BCUT2D eigenvalue weighted by Gasteiger charge is 2.27. The van der Waals surface area contributed by atoms with Gasteiger partial charge in [0.1, 0.15) is 0 Å². The highest BCUT2D eigenvalue weighted by Crippen LogP contribution is 2.26. The van der Waals surface area contributed by atoms with E-state index < -0.39 is 0 Å². The van der Waals surface area contributed by atoms with Gasteiger partial charge in [-0.1, -0.05) is 28.9 Å². The lowest BCUT2D eigenvalue weighted by Crippen LogP contribution is -2.40. The largest absolute Gasteiger partial charge is 0.338 e. The number of nitrogens with zero attached hydrogens (tertiary/aromatic N) is 3. The molecule has 0 radical (unpaired) electrons. The molecule has 2 N–H and O–H groups in total. The summed E-state index contributed by atoms with van der Waals surface area (Å²) in [5.41, 5.74) is 2.11. The zero-order valence-corrected chi connectivity index (χ0v) is 18.4. The van der Waals surface area contributed by atoms with Crippen LogP contribution in [0.3, 0.4) is 0 Å². The van der Waals surface area contributed by atoms with E-state index in [0.717, 1.165) is 24.9 Å². The van der Waals surface area contributed by atoms with Crippen LogP contribution in [0.25, 0.3) is 11.4 Å². The number of carbonyl (C=O) groups excluding carboxylic acids is 2. The molecule has 1 atom stereocenters. The molecular weight excluding hydrogens is 430 g/mol. The smallest absolute Gasteiger partial charge is 0.241 e. The number of carbonyl (C=O) groups is 2. The third kappa shape index (κ3) is 5.52. The number of halogens is 1. The fourth-order valence-corrected chi connectivity index (χ4v) is 3.98. The lowest BCUT2D eigenvalue weighted by molar-refractivity contribution is -0.121. The maximum Gasteiger partial charge on any atom is 0.241 e. The molecule has 0 saturated carbocycles. The van der Waals surface area contributed by atoms with Crippen LogP contribution in [0.1, 0.15) is 25.7 Å². The summed E-state index contributed by atoms with van der Waals surface area (Å²) in [7, 11) is 0. The van der Waals surface area contributed by atoms with Crippen molar-refractivity contribution in [3.05, 3.63) is 59.4 Å². The van der Waals surface area contributed by atoms with Gasteiger partial charge in [-0.25, -0.2) is 0 Å². The van der Waals surface area contributed by atoms with Crippen molar-refractivity contribution in [1.29, 1.82) is 0 Å². The molecule has 1 aromatic heterocycles. The average Bonchev–Trinajstić information content (AvgIpc) is 3.23. The third-order valence-electron chi connectivity index (χ3n) is 5.29. The molecule has 0 aliphatic carbocycles. The van der Waals surface area contributed by atoms with Crippen LogP contribution in [-0.2, 0) is 16.1 Å². The van der Waals surface area contributed by atoms with E-state index in [2.05, 4.69) is 25.7 Å². The van der Waals surface area contributed by atoms with E-state index in [0.29, 0.717) is 41.2 Å². The van der Waals surface area contributed by atoms with Crippen LogP contribution >= 0.6 is 11.6 Å². The zero-order valence-electron chi connectivity index (χ0n) is 17.7. The normalized spacial score (nSPS) is 16.5. The molecule has 2 amide bonds. The van der Waals surface area contributed by atoms with Crippen LogP contribution in [0.2, 0.25) is 5.02 Å². The molecule has 1 saturated heterocycles. The lowest BCUT2D eigenvalue weighted by atomic mass is 9.97. The Labute approximate surface area is 190 Å². The van der Waals surface area contributed by atoms with E-state index >= 15 is 0 Å². The minimum atomic E-state index is -0.135. The summed E-state index contributed by atoms with van der Waals surface area (Å²) in [6.07, 6.45) is 1.73. The fourth-order valence-electron chi connectivity index (χ4n) is 3.76. The van der Waals surface area contributed by atoms with Gasteiger partial charge in [-0.05, 0) is 55.8 Å². The summed E-state index contributed by atoms with van der Waals surface area (Å²) >= 11 is 6.22. The van der Waals surface area contributed by atoms with Crippen LogP contribution in [0, 0.1) is 5.92 Å². The average molecular weight is 454 g/mol. The number of anilines is 2. The summed E-state index contributed by atoms with van der Waals surface area (Å²) in [5.74, 6) is 0.660. The van der Waals surface area contributed by atoms with Crippen molar-refractivity contribution in [2.24, 2.45) is 5.92 Å². The van der Waals surface area contributed by atoms with Crippen LogP contribution in [0.4, 0.5) is 11.4 Å². The number of hydrogen-bond donors (Lipinski definition) is 2. The second-order valence-electron chi connectivity index (χ2n) is 7.81. The molecule has 1 unspecified atom stereocenters. The van der Waals surface area contributed by atoms with Crippen LogP contribution < -0.4 is 10.6 Å². The molecule has 2 heterocycles. The maximum atomic E-state index is 12.8. The SMILES string of the molecule is CC(=O)Nc1ccc(NC(=O)C2CCCN(Cc3nc(-c4ccccc4Cl)no3)C2)cc1. The van der Waals surface area contributed by atoms with E-state index in [4.69, 9.17) is 16.1 Å². The van der Waals surface area contributed by atoms with Crippen molar-refractivity contribution in [3.63, 3.8) is 0 Å². The first-order valence-corrected chi connectivity index (χ1v) is 10.8. The monoisotopic (exact) mass is 453 g/mol. The number of hydrogen-bond acceptors (Lipinski definition) is 6. The molecular formula is C23H24ClN5O3. The predicted molar refractivity (Wildman–Crippen MR) is 122 cm³/mol. The summed E-state index contributed by atoms with van der Waals surface area (Å²) in [5, 5.41) is 10.3. The van der Waals surface area contributed by atoms with E-state index in [-0.39, 0.29) is 17.7 Å². The van der Waals surface area contributed by atoms with Gasteiger partial charge in [-0.3, -0.25) is 14.5 Å². The van der Waals surface area contributed by atoms with Crippen molar-refractivity contribution in [2.75, 3.05) is 23.7 Å². The van der Waals surface area contributed by atoms with Gasteiger partial charge in [-0.15, -0.1) is 0 Å². The summed E-state index contributed by atoms with van der Waals surface area (Å²) in [6, 6.07) is 14.4. The number of nitrogens with one attached hydrogen (secondary N) is 2. The second-order valence-corrected chi connectivity index (χ2v) is 8.22. The van der Waals surface area contributed by atoms with Gasteiger partial charge in [-0.2, -0.15) is 4.98 Å². The van der Waals surface area contributed by atoms with E-state index in [1.807, 2.05) is 18.2 Å². The standard InChI is InChI=1S/C23H24ClN5O3/c1-15(30)25-17-8-10-18(11-9-17)26-23(31)16-5-4-12-29(13-16)14-21-27-22(28-32-21)19-6-2-3-7-20(19)24/h2-3,6-11,16H,4-5,12-14H2,1H3,(H,25,30)(H,26,31). The van der Waals surface area contributed by atoms with E-state index in [1.54, 1.807) is 30.3 Å². The highest BCUT2D eigenvalue weighted by atomic mass is 35.5. The van der Waals surface area contributed by atoms with Gasteiger partial charge >= 0.3 is 0 Å². The molecule has 3 aromatic rings. The Hall–Kier alpha value is -3.23.